The standard InChI is InChI=1S/C30H33F13OS/c1-2-3-4-5-6-7-8-9-19-44-23-14-10-21(11-15-23)22-12-16-24(17-13-22)45-20-18-25(31,32)26(33,34)27(35,36)28(37,38)29(39,40)30(41,42)43/h10-17H,2-9,18-20H2,1H3. The summed E-state index contributed by atoms with van der Waals surface area (Å²) in [6.07, 6.45) is -0.380. The zero-order valence-corrected chi connectivity index (χ0v) is 24.9. The molecular formula is C30H33F13OS. The number of unbranched alkanes of at least 4 members (excludes halogenated alkanes) is 7. The van der Waals surface area contributed by atoms with Gasteiger partial charge in [-0.3, -0.25) is 0 Å². The van der Waals surface area contributed by atoms with Gasteiger partial charge in [-0.05, 0) is 41.8 Å². The van der Waals surface area contributed by atoms with Crippen LogP contribution in [0, 0.1) is 0 Å². The summed E-state index contributed by atoms with van der Waals surface area (Å²) in [5, 5.41) is 0. The summed E-state index contributed by atoms with van der Waals surface area (Å²) in [7, 11) is 0. The summed E-state index contributed by atoms with van der Waals surface area (Å²) in [4.78, 5) is 0.170. The molecule has 2 aromatic carbocycles. The molecule has 0 heterocycles. The molecule has 0 aromatic heterocycles. The third-order valence-electron chi connectivity index (χ3n) is 6.99. The largest absolute Gasteiger partial charge is 0.494 e. The maximum atomic E-state index is 14.0. The third kappa shape index (κ3) is 9.15. The molecule has 45 heavy (non-hydrogen) atoms. The Labute approximate surface area is 256 Å². The molecule has 0 aliphatic heterocycles. The highest BCUT2D eigenvalue weighted by molar-refractivity contribution is 7.99. The van der Waals surface area contributed by atoms with Crippen LogP contribution in [0.3, 0.4) is 0 Å². The summed E-state index contributed by atoms with van der Waals surface area (Å²) in [6.45, 7) is 2.73. The molecule has 0 spiro atoms. The van der Waals surface area contributed by atoms with Gasteiger partial charge in [-0.15, -0.1) is 11.8 Å². The molecule has 1 nitrogen and oxygen atoms in total. The lowest BCUT2D eigenvalue weighted by Crippen LogP contribution is -2.70. The number of ether oxygens (including phenoxy) is 1. The average molecular weight is 689 g/mol. The fraction of sp³-hybridized carbons (Fsp3) is 0.600. The van der Waals surface area contributed by atoms with Crippen LogP contribution in [0.15, 0.2) is 53.4 Å². The summed E-state index contributed by atoms with van der Waals surface area (Å²) in [5.74, 6) is -37.1. The zero-order valence-electron chi connectivity index (χ0n) is 24.1. The summed E-state index contributed by atoms with van der Waals surface area (Å²) in [6, 6.07) is 12.8. The van der Waals surface area contributed by atoms with E-state index in [9.17, 15) is 57.1 Å². The van der Waals surface area contributed by atoms with E-state index in [4.69, 9.17) is 4.74 Å². The lowest BCUT2D eigenvalue weighted by Gasteiger charge is -2.39. The number of benzene rings is 2. The molecule has 0 saturated heterocycles. The minimum Gasteiger partial charge on any atom is -0.494 e. The van der Waals surface area contributed by atoms with Gasteiger partial charge in [-0.1, -0.05) is 76.1 Å². The minimum atomic E-state index is -7.88. The van der Waals surface area contributed by atoms with E-state index in [0.717, 1.165) is 24.8 Å². The summed E-state index contributed by atoms with van der Waals surface area (Å²) in [5.41, 5.74) is 1.38. The Hall–Kier alpha value is -2.32. The Morgan fingerprint density at radius 3 is 1.47 bits per heavy atom. The molecule has 256 valence electrons. The van der Waals surface area contributed by atoms with Crippen molar-refractivity contribution in [3.63, 3.8) is 0 Å². The van der Waals surface area contributed by atoms with Gasteiger partial charge in [0.1, 0.15) is 5.75 Å². The minimum absolute atomic E-state index is 0.170. The smallest absolute Gasteiger partial charge is 0.460 e. The van der Waals surface area contributed by atoms with Crippen molar-refractivity contribution in [3.05, 3.63) is 48.5 Å². The molecule has 0 N–H and O–H groups in total. The Morgan fingerprint density at radius 2 is 0.978 bits per heavy atom. The Bertz CT molecular complexity index is 1160. The highest BCUT2D eigenvalue weighted by Crippen LogP contribution is 2.60. The molecule has 2 rings (SSSR count). The highest BCUT2D eigenvalue weighted by Gasteiger charge is 2.90. The van der Waals surface area contributed by atoms with E-state index >= 15 is 0 Å². The quantitative estimate of drug-likeness (QED) is 0.0825. The first-order valence-electron chi connectivity index (χ1n) is 14.1. The zero-order chi connectivity index (χ0) is 34.2. The van der Waals surface area contributed by atoms with Crippen molar-refractivity contribution in [2.75, 3.05) is 12.4 Å². The van der Waals surface area contributed by atoms with E-state index in [2.05, 4.69) is 6.92 Å². The number of hydrogen-bond donors (Lipinski definition) is 0. The SMILES string of the molecule is CCCCCCCCCCOc1ccc(-c2ccc(SCCC(F)(F)C(F)(F)C(F)(F)C(F)(F)C(F)(F)C(F)(F)F)cc2)cc1. The van der Waals surface area contributed by atoms with Gasteiger partial charge in [-0.2, -0.15) is 57.1 Å². The molecule has 0 aliphatic rings. The van der Waals surface area contributed by atoms with Crippen molar-refractivity contribution in [1.29, 1.82) is 0 Å². The second-order valence-corrected chi connectivity index (χ2v) is 11.6. The Balaban J connectivity index is 1.91. The predicted molar refractivity (Wildman–Crippen MR) is 146 cm³/mol. The third-order valence-corrected chi connectivity index (χ3v) is 8.01. The number of halogens is 13. The van der Waals surface area contributed by atoms with Gasteiger partial charge in [0.25, 0.3) is 0 Å². The van der Waals surface area contributed by atoms with Crippen LogP contribution in [-0.4, -0.2) is 48.1 Å². The van der Waals surface area contributed by atoms with Crippen molar-refractivity contribution >= 4 is 11.8 Å². The van der Waals surface area contributed by atoms with Gasteiger partial charge >= 0.3 is 35.8 Å². The first kappa shape index (κ1) is 38.9. The number of hydrogen-bond acceptors (Lipinski definition) is 2. The highest BCUT2D eigenvalue weighted by atomic mass is 32.2. The predicted octanol–water partition coefficient (Wildman–Crippen LogP) is 12.1. The maximum Gasteiger partial charge on any atom is 0.460 e. The van der Waals surface area contributed by atoms with Crippen LogP contribution in [0.4, 0.5) is 57.1 Å². The fourth-order valence-electron chi connectivity index (χ4n) is 4.17. The van der Waals surface area contributed by atoms with Crippen LogP contribution in [-0.2, 0) is 0 Å². The molecule has 0 fully saturated rings. The second kappa shape index (κ2) is 15.5. The number of thioether (sulfide) groups is 1. The van der Waals surface area contributed by atoms with Gasteiger partial charge in [0, 0.05) is 17.1 Å². The van der Waals surface area contributed by atoms with E-state index in [0.29, 0.717) is 29.7 Å². The van der Waals surface area contributed by atoms with Crippen LogP contribution in [0.25, 0.3) is 11.1 Å². The van der Waals surface area contributed by atoms with Crippen LogP contribution in [0.5, 0.6) is 5.75 Å². The lowest BCUT2D eigenvalue weighted by molar-refractivity contribution is -0.439. The maximum absolute atomic E-state index is 14.0. The van der Waals surface area contributed by atoms with Gasteiger partial charge in [0.2, 0.25) is 0 Å². The average Bonchev–Trinajstić information content (AvgIpc) is 2.96. The van der Waals surface area contributed by atoms with Crippen molar-refractivity contribution in [3.8, 4) is 16.9 Å². The first-order chi connectivity index (χ1) is 20.7. The van der Waals surface area contributed by atoms with Crippen LogP contribution in [0.2, 0.25) is 0 Å². The van der Waals surface area contributed by atoms with Crippen molar-refractivity contribution in [2.45, 2.75) is 105 Å². The Kier molecular flexibility index (Phi) is 13.4. The van der Waals surface area contributed by atoms with Gasteiger partial charge in [0.15, 0.2) is 0 Å². The number of alkyl halides is 13. The molecule has 2 aromatic rings. The van der Waals surface area contributed by atoms with E-state index in [1.807, 2.05) is 0 Å². The molecular weight excluding hydrogens is 655 g/mol. The van der Waals surface area contributed by atoms with Crippen LogP contribution >= 0.6 is 11.8 Å². The summed E-state index contributed by atoms with van der Waals surface area (Å²) >= 11 is 0.423. The normalized spacial score (nSPS) is 13.7. The van der Waals surface area contributed by atoms with Gasteiger partial charge in [-0.25, -0.2) is 0 Å². The van der Waals surface area contributed by atoms with Crippen molar-refractivity contribution in [2.24, 2.45) is 0 Å². The van der Waals surface area contributed by atoms with E-state index in [-0.39, 0.29) is 4.90 Å². The monoisotopic (exact) mass is 688 g/mol. The molecule has 0 saturated carbocycles. The Morgan fingerprint density at radius 1 is 0.533 bits per heavy atom. The molecule has 0 aliphatic carbocycles. The van der Waals surface area contributed by atoms with E-state index < -0.39 is 48.0 Å². The summed E-state index contributed by atoms with van der Waals surface area (Å²) < 4.78 is 178. The molecule has 0 bridgehead atoms. The van der Waals surface area contributed by atoms with Gasteiger partial charge < -0.3 is 4.74 Å². The molecule has 0 radical (unpaired) electrons. The molecule has 0 atom stereocenters. The topological polar surface area (TPSA) is 9.23 Å². The molecule has 0 unspecified atom stereocenters. The van der Waals surface area contributed by atoms with Crippen LogP contribution < -0.4 is 4.74 Å². The second-order valence-electron chi connectivity index (χ2n) is 10.5. The molecule has 0 amide bonds. The van der Waals surface area contributed by atoms with E-state index in [1.165, 1.54) is 56.4 Å². The molecule has 15 heteroatoms. The number of rotatable bonds is 19. The van der Waals surface area contributed by atoms with Gasteiger partial charge in [0.05, 0.1) is 6.61 Å². The first-order valence-corrected chi connectivity index (χ1v) is 15.1. The van der Waals surface area contributed by atoms with Crippen molar-refractivity contribution < 1.29 is 61.8 Å². The fourth-order valence-corrected chi connectivity index (χ4v) is 5.09. The lowest BCUT2D eigenvalue weighted by atomic mass is 9.93. The van der Waals surface area contributed by atoms with Crippen molar-refractivity contribution in [1.82, 2.24) is 0 Å². The van der Waals surface area contributed by atoms with Crippen LogP contribution in [0.1, 0.15) is 64.7 Å². The van der Waals surface area contributed by atoms with E-state index in [1.54, 1.807) is 24.3 Å².